The van der Waals surface area contributed by atoms with Gasteiger partial charge in [0.15, 0.2) is 5.78 Å². The van der Waals surface area contributed by atoms with Crippen LogP contribution in [0, 0.1) is 5.92 Å². The molecule has 0 saturated heterocycles. The fraction of sp³-hybridized carbons (Fsp3) is 0.143. The van der Waals surface area contributed by atoms with Crippen LogP contribution in [0.3, 0.4) is 0 Å². The Hall–Kier alpha value is -3.74. The maximum Gasteiger partial charge on any atom is 0.337 e. The first kappa shape index (κ1) is 19.0. The fourth-order valence-corrected chi connectivity index (χ4v) is 2.78. The van der Waals surface area contributed by atoms with E-state index in [1.165, 1.54) is 6.20 Å². The van der Waals surface area contributed by atoms with Gasteiger partial charge in [-0.25, -0.2) is 10.2 Å². The van der Waals surface area contributed by atoms with Crippen LogP contribution in [0.2, 0.25) is 0 Å². The quantitative estimate of drug-likeness (QED) is 0.552. The van der Waals surface area contributed by atoms with Crippen molar-refractivity contribution in [3.8, 4) is 0 Å². The molecule has 142 valence electrons. The molecule has 3 N–H and O–H groups in total. The standard InChI is InChI=1S/C21H20N4O3/c26-19(16-7-3-1-4-8-16)12-15-11-17(14-22-13-15)20(27)24-25-21(28)23-18-9-5-2-6-10-18/h1-10,13-15H,11-12H2,(H,24,27)(H2,23,25,28). The lowest BCUT2D eigenvalue weighted by Crippen LogP contribution is -2.44. The average Bonchev–Trinajstić information content (AvgIpc) is 2.73. The molecule has 0 aliphatic carbocycles. The summed E-state index contributed by atoms with van der Waals surface area (Å²) in [5, 5.41) is 2.59. The number of ketones is 1. The molecule has 0 bridgehead atoms. The van der Waals surface area contributed by atoms with E-state index in [1.54, 1.807) is 42.6 Å². The summed E-state index contributed by atoms with van der Waals surface area (Å²) < 4.78 is 0. The predicted molar refractivity (Wildman–Crippen MR) is 107 cm³/mol. The molecular formula is C21H20N4O3. The van der Waals surface area contributed by atoms with E-state index in [2.05, 4.69) is 21.2 Å². The largest absolute Gasteiger partial charge is 0.337 e. The Morgan fingerprint density at radius 3 is 2.32 bits per heavy atom. The number of aliphatic imine (C=N–C) groups is 1. The molecule has 7 nitrogen and oxygen atoms in total. The molecular weight excluding hydrogens is 356 g/mol. The first-order valence-corrected chi connectivity index (χ1v) is 8.85. The number of urea groups is 1. The topological polar surface area (TPSA) is 99.7 Å². The van der Waals surface area contributed by atoms with E-state index in [1.807, 2.05) is 24.3 Å². The molecule has 0 radical (unpaired) electrons. The summed E-state index contributed by atoms with van der Waals surface area (Å²) in [7, 11) is 0. The zero-order chi connectivity index (χ0) is 19.8. The van der Waals surface area contributed by atoms with Crippen LogP contribution in [0.5, 0.6) is 0 Å². The Morgan fingerprint density at radius 2 is 1.61 bits per heavy atom. The number of amides is 3. The van der Waals surface area contributed by atoms with Gasteiger partial charge >= 0.3 is 6.03 Å². The van der Waals surface area contributed by atoms with Crippen LogP contribution >= 0.6 is 0 Å². The van der Waals surface area contributed by atoms with Gasteiger partial charge in [0, 0.05) is 41.6 Å². The highest BCUT2D eigenvalue weighted by Gasteiger charge is 2.21. The minimum Gasteiger partial charge on any atom is -0.307 e. The van der Waals surface area contributed by atoms with E-state index < -0.39 is 11.9 Å². The van der Waals surface area contributed by atoms with Crippen molar-refractivity contribution in [2.24, 2.45) is 10.9 Å². The highest BCUT2D eigenvalue weighted by Crippen LogP contribution is 2.20. The van der Waals surface area contributed by atoms with Crippen LogP contribution in [0.1, 0.15) is 23.2 Å². The minimum absolute atomic E-state index is 0.000859. The van der Waals surface area contributed by atoms with Gasteiger partial charge in [0.1, 0.15) is 0 Å². The Bertz CT molecular complexity index is 908. The molecule has 0 fully saturated rings. The highest BCUT2D eigenvalue weighted by molar-refractivity contribution is 5.99. The van der Waals surface area contributed by atoms with Crippen molar-refractivity contribution in [2.75, 3.05) is 5.32 Å². The Morgan fingerprint density at radius 1 is 0.929 bits per heavy atom. The van der Waals surface area contributed by atoms with E-state index in [0.717, 1.165) is 0 Å². The van der Waals surface area contributed by atoms with Crippen molar-refractivity contribution in [3.63, 3.8) is 0 Å². The predicted octanol–water partition coefficient (Wildman–Crippen LogP) is 3.09. The first-order valence-electron chi connectivity index (χ1n) is 8.85. The number of hydrazine groups is 1. The monoisotopic (exact) mass is 376 g/mol. The Balaban J connectivity index is 1.48. The number of hydrogen-bond acceptors (Lipinski definition) is 4. The van der Waals surface area contributed by atoms with Crippen molar-refractivity contribution in [3.05, 3.63) is 78.0 Å². The van der Waals surface area contributed by atoms with Gasteiger partial charge in [-0.1, -0.05) is 48.5 Å². The zero-order valence-electron chi connectivity index (χ0n) is 15.1. The molecule has 7 heteroatoms. The second-order valence-electron chi connectivity index (χ2n) is 6.31. The minimum atomic E-state index is -0.560. The number of anilines is 1. The number of rotatable bonds is 5. The molecule has 1 heterocycles. The molecule has 3 rings (SSSR count). The highest BCUT2D eigenvalue weighted by atomic mass is 16.2. The lowest BCUT2D eigenvalue weighted by Gasteiger charge is -2.17. The lowest BCUT2D eigenvalue weighted by atomic mass is 9.91. The number of carbonyl (C=O) groups excluding carboxylic acids is 3. The van der Waals surface area contributed by atoms with E-state index in [0.29, 0.717) is 23.2 Å². The number of hydrogen-bond donors (Lipinski definition) is 3. The van der Waals surface area contributed by atoms with Gasteiger partial charge in [0.2, 0.25) is 0 Å². The van der Waals surface area contributed by atoms with Crippen molar-refractivity contribution in [1.29, 1.82) is 0 Å². The van der Waals surface area contributed by atoms with Crippen LogP contribution in [0.25, 0.3) is 0 Å². The molecule has 1 aliphatic rings. The second-order valence-corrected chi connectivity index (χ2v) is 6.31. The van der Waals surface area contributed by atoms with Crippen LogP contribution in [-0.2, 0) is 4.79 Å². The molecule has 3 amide bonds. The smallest absolute Gasteiger partial charge is 0.307 e. The van der Waals surface area contributed by atoms with Gasteiger partial charge in [-0.05, 0) is 18.6 Å². The van der Waals surface area contributed by atoms with Gasteiger partial charge < -0.3 is 5.32 Å². The van der Waals surface area contributed by atoms with Gasteiger partial charge in [-0.15, -0.1) is 0 Å². The molecule has 0 aromatic heterocycles. The third-order valence-electron chi connectivity index (χ3n) is 4.17. The third-order valence-corrected chi connectivity index (χ3v) is 4.17. The molecule has 1 unspecified atom stereocenters. The van der Waals surface area contributed by atoms with Crippen LogP contribution in [-0.4, -0.2) is 23.9 Å². The molecule has 2 aromatic carbocycles. The van der Waals surface area contributed by atoms with E-state index in [-0.39, 0.29) is 18.1 Å². The molecule has 0 spiro atoms. The van der Waals surface area contributed by atoms with Gasteiger partial charge in [0.05, 0.1) is 0 Å². The Kier molecular flexibility index (Phi) is 6.30. The summed E-state index contributed by atoms with van der Waals surface area (Å²) in [6.07, 6.45) is 3.75. The van der Waals surface area contributed by atoms with Crippen LogP contribution in [0.15, 0.2) is 77.4 Å². The first-order chi connectivity index (χ1) is 13.6. The number of nitrogens with one attached hydrogen (secondary N) is 3. The lowest BCUT2D eigenvalue weighted by molar-refractivity contribution is -0.118. The maximum absolute atomic E-state index is 12.3. The number of Topliss-reactive ketones (excluding diaryl/α,β-unsaturated/α-hetero) is 1. The molecule has 28 heavy (non-hydrogen) atoms. The van der Waals surface area contributed by atoms with E-state index in [9.17, 15) is 14.4 Å². The van der Waals surface area contributed by atoms with Crippen molar-refractivity contribution < 1.29 is 14.4 Å². The number of carbonyl (C=O) groups is 3. The Labute approximate surface area is 162 Å². The average molecular weight is 376 g/mol. The number of benzene rings is 2. The fourth-order valence-electron chi connectivity index (χ4n) is 2.78. The maximum atomic E-state index is 12.3. The van der Waals surface area contributed by atoms with Crippen LogP contribution < -0.4 is 16.2 Å². The molecule has 0 saturated carbocycles. The van der Waals surface area contributed by atoms with Gasteiger partial charge in [-0.2, -0.15) is 0 Å². The number of para-hydroxylation sites is 1. The van der Waals surface area contributed by atoms with Crippen molar-refractivity contribution >= 4 is 29.6 Å². The summed E-state index contributed by atoms with van der Waals surface area (Å²) in [6, 6.07) is 17.3. The molecule has 1 atom stereocenters. The normalized spacial score (nSPS) is 15.3. The second kappa shape index (κ2) is 9.27. The summed E-state index contributed by atoms with van der Waals surface area (Å²) in [6.45, 7) is 0. The van der Waals surface area contributed by atoms with Gasteiger partial charge in [0.25, 0.3) is 5.91 Å². The number of nitrogens with zero attached hydrogens (tertiary/aromatic N) is 1. The van der Waals surface area contributed by atoms with Crippen molar-refractivity contribution in [1.82, 2.24) is 10.9 Å². The molecule has 1 aliphatic heterocycles. The summed E-state index contributed by atoms with van der Waals surface area (Å²) >= 11 is 0. The van der Waals surface area contributed by atoms with Gasteiger partial charge in [-0.3, -0.25) is 20.0 Å². The van der Waals surface area contributed by atoms with E-state index >= 15 is 0 Å². The summed E-state index contributed by atoms with van der Waals surface area (Å²) in [4.78, 5) is 40.5. The SMILES string of the molecule is O=C(NNC(=O)C1=CN=CC(CC(=O)c2ccccc2)C1)Nc1ccccc1. The van der Waals surface area contributed by atoms with E-state index in [4.69, 9.17) is 0 Å². The zero-order valence-corrected chi connectivity index (χ0v) is 15.1. The van der Waals surface area contributed by atoms with Crippen LogP contribution in [0.4, 0.5) is 10.5 Å². The molecule has 2 aromatic rings. The summed E-state index contributed by atoms with van der Waals surface area (Å²) in [5.74, 6) is -0.632. The van der Waals surface area contributed by atoms with Crippen molar-refractivity contribution in [2.45, 2.75) is 12.8 Å². The third kappa shape index (κ3) is 5.38. The summed E-state index contributed by atoms with van der Waals surface area (Å²) in [5.41, 5.74) is 6.29.